The van der Waals surface area contributed by atoms with Gasteiger partial charge >= 0.3 is 0 Å². The summed E-state index contributed by atoms with van der Waals surface area (Å²) in [5, 5.41) is 5.49. The number of anilines is 2. The molecule has 1 aliphatic heterocycles. The van der Waals surface area contributed by atoms with Gasteiger partial charge in [-0.15, -0.1) is 0 Å². The summed E-state index contributed by atoms with van der Waals surface area (Å²) in [5.74, 6) is -0.103. The number of benzene rings is 2. The molecule has 3 rings (SSSR count). The fraction of sp³-hybridized carbons (Fsp3) is 0.333. The van der Waals surface area contributed by atoms with Gasteiger partial charge in [-0.25, -0.2) is 8.42 Å². The summed E-state index contributed by atoms with van der Waals surface area (Å²) in [5.41, 5.74) is 8.82. The number of sulfone groups is 1. The van der Waals surface area contributed by atoms with Crippen molar-refractivity contribution >= 4 is 45.0 Å². The zero-order chi connectivity index (χ0) is 22.9. The van der Waals surface area contributed by atoms with E-state index in [1.807, 2.05) is 19.1 Å². The molecule has 166 valence electrons. The van der Waals surface area contributed by atoms with Crippen LogP contribution in [0.2, 0.25) is 0 Å². The van der Waals surface area contributed by atoms with E-state index >= 15 is 0 Å². The van der Waals surface area contributed by atoms with E-state index in [-0.39, 0.29) is 28.5 Å². The topological polar surface area (TPSA) is 127 Å². The van der Waals surface area contributed by atoms with Crippen molar-refractivity contribution in [1.82, 2.24) is 0 Å². The molecule has 0 saturated heterocycles. The number of carbonyl (C=O) groups excluding carboxylic acids is 2. The van der Waals surface area contributed by atoms with E-state index in [2.05, 4.69) is 0 Å². The molecule has 8 nitrogen and oxygen atoms in total. The molecule has 0 saturated carbocycles. The Kier molecular flexibility index (Phi) is 6.75. The highest BCUT2D eigenvalue weighted by Crippen LogP contribution is 2.39. The van der Waals surface area contributed by atoms with Crippen LogP contribution in [0.5, 0.6) is 0 Å². The van der Waals surface area contributed by atoms with Crippen LogP contribution in [0.3, 0.4) is 0 Å². The van der Waals surface area contributed by atoms with E-state index in [9.17, 15) is 18.0 Å². The minimum absolute atomic E-state index is 0.118. The minimum atomic E-state index is -3.30. The molecular formula is C21H26N4O4S2. The third-order valence-corrected chi connectivity index (χ3v) is 6.91. The molecule has 0 fully saturated rings. The van der Waals surface area contributed by atoms with Gasteiger partial charge in [0.25, 0.3) is 0 Å². The lowest BCUT2D eigenvalue weighted by Gasteiger charge is -2.41. The van der Waals surface area contributed by atoms with Gasteiger partial charge in [0.2, 0.25) is 11.8 Å². The summed E-state index contributed by atoms with van der Waals surface area (Å²) in [6, 6.07) is 11.0. The number of nitrogens with two attached hydrogens (primary N) is 2. The summed E-state index contributed by atoms with van der Waals surface area (Å²) in [4.78, 5) is 28.8. The van der Waals surface area contributed by atoms with Gasteiger partial charge in [-0.05, 0) is 42.3 Å². The van der Waals surface area contributed by atoms with Gasteiger partial charge in [0, 0.05) is 25.5 Å². The molecule has 1 aliphatic rings. The minimum Gasteiger partial charge on any atom is -0.319 e. The Morgan fingerprint density at radius 1 is 1.13 bits per heavy atom. The highest BCUT2D eigenvalue weighted by Gasteiger charge is 2.35. The van der Waals surface area contributed by atoms with Crippen molar-refractivity contribution in [2.24, 2.45) is 10.9 Å². The van der Waals surface area contributed by atoms with E-state index in [4.69, 9.17) is 10.9 Å². The first-order valence-corrected chi connectivity index (χ1v) is 12.6. The second kappa shape index (κ2) is 8.99. The molecule has 0 bridgehead atoms. The van der Waals surface area contributed by atoms with E-state index in [1.165, 1.54) is 6.92 Å². The van der Waals surface area contributed by atoms with Crippen molar-refractivity contribution in [2.45, 2.75) is 30.8 Å². The van der Waals surface area contributed by atoms with E-state index < -0.39 is 15.9 Å². The van der Waals surface area contributed by atoms with E-state index in [0.717, 1.165) is 29.3 Å². The summed E-state index contributed by atoms with van der Waals surface area (Å²) in [7, 11) is -3.30. The zero-order valence-electron chi connectivity index (χ0n) is 17.6. The number of carbonyl (C=O) groups is 2. The first-order valence-electron chi connectivity index (χ1n) is 9.67. The van der Waals surface area contributed by atoms with Gasteiger partial charge in [-0.1, -0.05) is 30.1 Å². The Morgan fingerprint density at radius 2 is 1.74 bits per heavy atom. The van der Waals surface area contributed by atoms with Gasteiger partial charge in [0.15, 0.2) is 9.84 Å². The predicted octanol–water partition coefficient (Wildman–Crippen LogP) is 1.78. The first kappa shape index (κ1) is 23.3. The molecule has 0 aromatic heterocycles. The molecule has 2 amide bonds. The van der Waals surface area contributed by atoms with Gasteiger partial charge < -0.3 is 15.5 Å². The molecular weight excluding hydrogens is 436 g/mol. The lowest BCUT2D eigenvalue weighted by Crippen LogP contribution is -2.55. The van der Waals surface area contributed by atoms with Crippen LogP contribution in [-0.4, -0.2) is 50.9 Å². The van der Waals surface area contributed by atoms with E-state index in [1.54, 1.807) is 40.1 Å². The highest BCUT2D eigenvalue weighted by molar-refractivity contribution is 7.97. The molecule has 2 atom stereocenters. The van der Waals surface area contributed by atoms with Gasteiger partial charge in [0.05, 0.1) is 28.4 Å². The molecule has 0 aliphatic carbocycles. The normalized spacial score (nSPS) is 17.3. The Bertz CT molecular complexity index is 1100. The summed E-state index contributed by atoms with van der Waals surface area (Å²) in [6.07, 6.45) is 1.16. The summed E-state index contributed by atoms with van der Waals surface area (Å²) >= 11 is 1.01. The Balaban J connectivity index is 2.09. The Labute approximate surface area is 186 Å². The molecule has 4 N–H and O–H groups in total. The molecule has 31 heavy (non-hydrogen) atoms. The molecule has 0 spiro atoms. The second-order valence-corrected chi connectivity index (χ2v) is 10.3. The second-order valence-electron chi connectivity index (χ2n) is 7.63. The van der Waals surface area contributed by atoms with Crippen LogP contribution in [0.4, 0.5) is 11.4 Å². The summed E-state index contributed by atoms with van der Waals surface area (Å²) < 4.78 is 23.5. The van der Waals surface area contributed by atoms with Crippen LogP contribution in [0.1, 0.15) is 13.8 Å². The summed E-state index contributed by atoms with van der Waals surface area (Å²) in [6.45, 7) is 3.68. The SMILES string of the molecule is CC(=O)N1c2ccc(-c3ccc(S(C)(=O)=O)cc3)cc2N(C(=O)C(N)CSN)C[C@@H]1C. The van der Waals surface area contributed by atoms with Crippen LogP contribution < -0.4 is 20.7 Å². The number of hydrogen-bond donors (Lipinski definition) is 2. The molecule has 10 heteroatoms. The van der Waals surface area contributed by atoms with Crippen molar-refractivity contribution in [3.05, 3.63) is 42.5 Å². The average molecular weight is 463 g/mol. The van der Waals surface area contributed by atoms with Crippen molar-refractivity contribution in [2.75, 3.05) is 28.4 Å². The molecule has 1 heterocycles. The lowest BCUT2D eigenvalue weighted by atomic mass is 10.00. The maximum absolute atomic E-state index is 13.0. The van der Waals surface area contributed by atoms with Crippen molar-refractivity contribution in [1.29, 1.82) is 0 Å². The maximum Gasteiger partial charge on any atom is 0.244 e. The molecule has 2 aromatic rings. The van der Waals surface area contributed by atoms with Gasteiger partial charge in [-0.2, -0.15) is 0 Å². The lowest BCUT2D eigenvalue weighted by molar-refractivity contribution is -0.120. The van der Waals surface area contributed by atoms with Gasteiger partial charge in [-0.3, -0.25) is 14.7 Å². The maximum atomic E-state index is 13.0. The number of fused-ring (bicyclic) bond motifs is 1. The predicted molar refractivity (Wildman–Crippen MR) is 125 cm³/mol. The van der Waals surface area contributed by atoms with Crippen LogP contribution in [0.15, 0.2) is 47.4 Å². The number of hydrogen-bond acceptors (Lipinski definition) is 7. The molecule has 0 radical (unpaired) electrons. The smallest absolute Gasteiger partial charge is 0.244 e. The monoisotopic (exact) mass is 462 g/mol. The molecule has 2 aromatic carbocycles. The Morgan fingerprint density at radius 3 is 2.29 bits per heavy atom. The highest BCUT2D eigenvalue weighted by atomic mass is 32.2. The standard InChI is InChI=1S/C21H26N4O4S2/c1-13-11-24(21(27)18(22)12-30-23)20-10-16(6-9-19(20)25(13)14(2)26)15-4-7-17(8-5-15)31(3,28)29/h4-10,13,18H,11-12,22-23H2,1-3H3/t13-,18?/m0/s1. The third kappa shape index (κ3) is 4.77. The number of rotatable bonds is 5. The zero-order valence-corrected chi connectivity index (χ0v) is 19.2. The van der Waals surface area contributed by atoms with Crippen LogP contribution in [-0.2, 0) is 19.4 Å². The molecule has 1 unspecified atom stereocenters. The third-order valence-electron chi connectivity index (χ3n) is 5.23. The van der Waals surface area contributed by atoms with Crippen LogP contribution in [0.25, 0.3) is 11.1 Å². The van der Waals surface area contributed by atoms with Crippen molar-refractivity contribution < 1.29 is 18.0 Å². The van der Waals surface area contributed by atoms with E-state index in [0.29, 0.717) is 17.9 Å². The number of nitrogens with zero attached hydrogens (tertiary/aromatic N) is 2. The fourth-order valence-corrected chi connectivity index (χ4v) is 4.74. The van der Waals surface area contributed by atoms with Crippen molar-refractivity contribution in [3.8, 4) is 11.1 Å². The number of amides is 2. The quantitative estimate of drug-likeness (QED) is 0.649. The average Bonchev–Trinajstić information content (AvgIpc) is 2.71. The van der Waals surface area contributed by atoms with Crippen molar-refractivity contribution in [3.63, 3.8) is 0 Å². The van der Waals surface area contributed by atoms with Crippen LogP contribution >= 0.6 is 11.9 Å². The van der Waals surface area contributed by atoms with Gasteiger partial charge in [0.1, 0.15) is 0 Å². The Hall–Kier alpha value is -2.40. The largest absolute Gasteiger partial charge is 0.319 e. The fourth-order valence-electron chi connectivity index (χ4n) is 3.76. The van der Waals surface area contributed by atoms with Crippen LogP contribution in [0, 0.1) is 0 Å². The first-order chi connectivity index (χ1) is 14.5.